The Morgan fingerprint density at radius 1 is 1.12 bits per heavy atom. The molecular weight excluding hydrogens is 326 g/mol. The molecule has 4 saturated carbocycles. The molecule has 5 aliphatic rings. The van der Waals surface area contributed by atoms with Crippen molar-refractivity contribution in [2.24, 2.45) is 23.2 Å². The molecule has 0 aromatic heterocycles. The van der Waals surface area contributed by atoms with Crippen molar-refractivity contribution in [3.05, 3.63) is 35.4 Å². The van der Waals surface area contributed by atoms with E-state index in [9.17, 15) is 9.59 Å². The fraction of sp³-hybridized carbons (Fsp3) is 0.636. The van der Waals surface area contributed by atoms with Crippen LogP contribution in [0.15, 0.2) is 24.3 Å². The minimum absolute atomic E-state index is 0.143. The standard InChI is InChI=1S/C22H27NO3/c1-21(12-17-4-2-3-5-18(17)19(24)26-21)20(25)23-13-22-9-14-6-15(10-22)8-16(7-14)11-22/h2-5,14-16H,6-13H2,1H3,(H,23,25)/t14?,15?,16?,21-,22?/m1/s1. The predicted molar refractivity (Wildman–Crippen MR) is 97.6 cm³/mol. The number of benzene rings is 1. The highest BCUT2D eigenvalue weighted by Crippen LogP contribution is 2.59. The van der Waals surface area contributed by atoms with Crippen LogP contribution in [0.25, 0.3) is 0 Å². The maximum Gasteiger partial charge on any atom is 0.339 e. The van der Waals surface area contributed by atoms with Crippen LogP contribution in [0.3, 0.4) is 0 Å². The lowest BCUT2D eigenvalue weighted by atomic mass is 9.49. The monoisotopic (exact) mass is 353 g/mol. The summed E-state index contributed by atoms with van der Waals surface area (Å²) in [5.41, 5.74) is 0.667. The van der Waals surface area contributed by atoms with Crippen LogP contribution in [-0.4, -0.2) is 24.0 Å². The number of cyclic esters (lactones) is 1. The zero-order chi connectivity index (χ0) is 17.9. The lowest BCUT2D eigenvalue weighted by Crippen LogP contribution is -2.56. The molecule has 0 spiro atoms. The minimum Gasteiger partial charge on any atom is -0.445 e. The molecule has 1 aliphatic heterocycles. The predicted octanol–water partition coefficient (Wildman–Crippen LogP) is 3.49. The third-order valence-electron chi connectivity index (χ3n) is 7.35. The normalized spacial score (nSPS) is 40.0. The van der Waals surface area contributed by atoms with E-state index in [0.29, 0.717) is 12.0 Å². The summed E-state index contributed by atoms with van der Waals surface area (Å²) in [6.07, 6.45) is 8.44. The number of carbonyl (C=O) groups excluding carboxylic acids is 2. The molecule has 1 atom stereocenters. The number of nitrogens with one attached hydrogen (secondary N) is 1. The first kappa shape index (κ1) is 16.3. The summed E-state index contributed by atoms with van der Waals surface area (Å²) in [6.45, 7) is 2.49. The minimum atomic E-state index is -1.10. The van der Waals surface area contributed by atoms with Gasteiger partial charge in [0.15, 0.2) is 5.60 Å². The Bertz CT molecular complexity index is 735. The highest BCUT2D eigenvalue weighted by Gasteiger charge is 2.51. The number of amides is 1. The summed E-state index contributed by atoms with van der Waals surface area (Å²) >= 11 is 0. The second kappa shape index (κ2) is 5.58. The highest BCUT2D eigenvalue weighted by molar-refractivity contribution is 5.97. The van der Waals surface area contributed by atoms with Gasteiger partial charge in [-0.25, -0.2) is 4.79 Å². The fourth-order valence-corrected chi connectivity index (χ4v) is 6.62. The molecule has 4 bridgehead atoms. The van der Waals surface area contributed by atoms with E-state index in [2.05, 4.69) is 5.32 Å². The van der Waals surface area contributed by atoms with Crippen molar-refractivity contribution >= 4 is 11.9 Å². The van der Waals surface area contributed by atoms with Crippen molar-refractivity contribution in [2.45, 2.75) is 57.5 Å². The number of rotatable bonds is 3. The molecule has 1 aromatic carbocycles. The van der Waals surface area contributed by atoms with Gasteiger partial charge in [-0.05, 0) is 80.2 Å². The van der Waals surface area contributed by atoms with E-state index in [-0.39, 0.29) is 17.3 Å². The molecule has 4 nitrogen and oxygen atoms in total. The average Bonchev–Trinajstić information content (AvgIpc) is 2.58. The SMILES string of the molecule is C[C@]1(C(=O)NCC23CC4CC(CC(C4)C2)C3)Cc2ccccc2C(=O)O1. The van der Waals surface area contributed by atoms with Gasteiger partial charge in [-0.15, -0.1) is 0 Å². The molecule has 0 radical (unpaired) electrons. The third kappa shape index (κ3) is 2.57. The number of ether oxygens (including phenoxy) is 1. The smallest absolute Gasteiger partial charge is 0.339 e. The first-order chi connectivity index (χ1) is 12.4. The van der Waals surface area contributed by atoms with Crippen LogP contribution in [-0.2, 0) is 16.0 Å². The van der Waals surface area contributed by atoms with Gasteiger partial charge in [-0.1, -0.05) is 18.2 Å². The van der Waals surface area contributed by atoms with Crippen molar-refractivity contribution in [3.63, 3.8) is 0 Å². The van der Waals surface area contributed by atoms with E-state index in [1.165, 1.54) is 38.5 Å². The molecular formula is C22H27NO3. The molecule has 4 heteroatoms. The van der Waals surface area contributed by atoms with Crippen molar-refractivity contribution in [1.29, 1.82) is 0 Å². The second-order valence-corrected chi connectivity index (χ2v) is 9.55. The molecule has 0 saturated heterocycles. The van der Waals surface area contributed by atoms with E-state index in [1.807, 2.05) is 18.2 Å². The summed E-state index contributed by atoms with van der Waals surface area (Å²) in [5.74, 6) is 2.07. The van der Waals surface area contributed by atoms with Crippen LogP contribution in [0.4, 0.5) is 0 Å². The first-order valence-electron chi connectivity index (χ1n) is 10.0. The molecule has 6 rings (SSSR count). The van der Waals surface area contributed by atoms with Gasteiger partial charge >= 0.3 is 5.97 Å². The van der Waals surface area contributed by atoms with E-state index in [1.54, 1.807) is 13.0 Å². The fourth-order valence-electron chi connectivity index (χ4n) is 6.62. The van der Waals surface area contributed by atoms with Gasteiger partial charge in [0.05, 0.1) is 5.56 Å². The summed E-state index contributed by atoms with van der Waals surface area (Å²) in [4.78, 5) is 25.3. The average molecular weight is 353 g/mol. The quantitative estimate of drug-likeness (QED) is 0.846. The summed E-state index contributed by atoms with van der Waals surface area (Å²) in [6, 6.07) is 7.42. The van der Waals surface area contributed by atoms with Gasteiger partial charge in [0, 0.05) is 13.0 Å². The molecule has 4 fully saturated rings. The second-order valence-electron chi connectivity index (χ2n) is 9.55. The number of hydrogen-bond acceptors (Lipinski definition) is 3. The topological polar surface area (TPSA) is 55.4 Å². The van der Waals surface area contributed by atoms with Gasteiger partial charge in [-0.2, -0.15) is 0 Å². The molecule has 1 amide bonds. The zero-order valence-electron chi connectivity index (χ0n) is 15.4. The summed E-state index contributed by atoms with van der Waals surface area (Å²) in [5, 5.41) is 3.19. The molecule has 1 N–H and O–H groups in total. The van der Waals surface area contributed by atoms with Crippen LogP contribution >= 0.6 is 0 Å². The molecule has 138 valence electrons. The first-order valence-corrected chi connectivity index (χ1v) is 10.0. The van der Waals surface area contributed by atoms with Crippen LogP contribution in [0.2, 0.25) is 0 Å². The number of fused-ring (bicyclic) bond motifs is 1. The Kier molecular flexibility index (Phi) is 3.51. The molecule has 26 heavy (non-hydrogen) atoms. The number of hydrogen-bond donors (Lipinski definition) is 1. The van der Waals surface area contributed by atoms with Crippen molar-refractivity contribution in [1.82, 2.24) is 5.32 Å². The van der Waals surface area contributed by atoms with Crippen molar-refractivity contribution in [2.75, 3.05) is 6.54 Å². The van der Waals surface area contributed by atoms with E-state index >= 15 is 0 Å². The summed E-state index contributed by atoms with van der Waals surface area (Å²) in [7, 11) is 0. The Labute approximate surface area is 154 Å². The van der Waals surface area contributed by atoms with Crippen molar-refractivity contribution in [3.8, 4) is 0 Å². The molecule has 4 aliphatic carbocycles. The maximum absolute atomic E-state index is 13.0. The van der Waals surface area contributed by atoms with Crippen LogP contribution in [0, 0.1) is 23.2 Å². The third-order valence-corrected chi connectivity index (χ3v) is 7.35. The zero-order valence-corrected chi connectivity index (χ0v) is 15.4. The van der Waals surface area contributed by atoms with Gasteiger partial charge in [0.2, 0.25) is 0 Å². The van der Waals surface area contributed by atoms with Crippen molar-refractivity contribution < 1.29 is 14.3 Å². The lowest BCUT2D eigenvalue weighted by molar-refractivity contribution is -0.141. The van der Waals surface area contributed by atoms with Gasteiger partial charge in [-0.3, -0.25) is 4.79 Å². The molecule has 1 heterocycles. The Hall–Kier alpha value is -1.84. The van der Waals surface area contributed by atoms with Crippen LogP contribution < -0.4 is 5.32 Å². The van der Waals surface area contributed by atoms with E-state index < -0.39 is 5.60 Å². The number of esters is 1. The Morgan fingerprint density at radius 2 is 1.73 bits per heavy atom. The van der Waals surface area contributed by atoms with E-state index in [0.717, 1.165) is 29.9 Å². The number of carbonyl (C=O) groups is 2. The Morgan fingerprint density at radius 3 is 2.38 bits per heavy atom. The largest absolute Gasteiger partial charge is 0.445 e. The maximum atomic E-state index is 13.0. The molecule has 1 aromatic rings. The molecule has 0 unspecified atom stereocenters. The van der Waals surface area contributed by atoms with Crippen LogP contribution in [0.1, 0.15) is 61.4 Å². The highest BCUT2D eigenvalue weighted by atomic mass is 16.6. The van der Waals surface area contributed by atoms with Gasteiger partial charge < -0.3 is 10.1 Å². The van der Waals surface area contributed by atoms with Gasteiger partial charge in [0.1, 0.15) is 0 Å². The van der Waals surface area contributed by atoms with Gasteiger partial charge in [0.25, 0.3) is 5.91 Å². The Balaban J connectivity index is 1.30. The van der Waals surface area contributed by atoms with Crippen LogP contribution in [0.5, 0.6) is 0 Å². The van der Waals surface area contributed by atoms with E-state index in [4.69, 9.17) is 4.74 Å². The summed E-state index contributed by atoms with van der Waals surface area (Å²) < 4.78 is 5.58. The lowest BCUT2D eigenvalue weighted by Gasteiger charge is -2.57.